The first-order chi connectivity index (χ1) is 9.21. The molecule has 0 fully saturated rings. The topological polar surface area (TPSA) is 12.0 Å². The first-order valence-electron chi connectivity index (χ1n) is 7.97. The Balaban J connectivity index is 2.94. The van der Waals surface area contributed by atoms with E-state index >= 15 is 0 Å². The minimum absolute atomic E-state index is 0.363. The molecule has 0 atom stereocenters. The summed E-state index contributed by atoms with van der Waals surface area (Å²) in [6.45, 7) is 20.5. The third-order valence-electron chi connectivity index (χ3n) is 5.06. The van der Waals surface area contributed by atoms with Crippen LogP contribution in [0.1, 0.15) is 60.6 Å². The predicted octanol–water partition coefficient (Wildman–Crippen LogP) is 4.80. The molecule has 1 heteroatoms. The molecule has 0 aliphatic rings. The molecule has 1 nitrogen and oxygen atoms in total. The Morgan fingerprint density at radius 2 is 1.25 bits per heavy atom. The standard InChI is InChI=1S/C19H33N/c1-9-20-12-19(7,8)11-10-18-16(5)14(3)13(2)15(4)17(18)6/h20H,9-12H2,1-8H3. The van der Waals surface area contributed by atoms with Crippen molar-refractivity contribution in [1.29, 1.82) is 0 Å². The molecular formula is C19H33N. The molecule has 0 radical (unpaired) electrons. The van der Waals surface area contributed by atoms with Crippen LogP contribution in [0.2, 0.25) is 0 Å². The van der Waals surface area contributed by atoms with Gasteiger partial charge in [-0.2, -0.15) is 0 Å². The Morgan fingerprint density at radius 3 is 1.70 bits per heavy atom. The Morgan fingerprint density at radius 1 is 0.800 bits per heavy atom. The van der Waals surface area contributed by atoms with E-state index in [0.29, 0.717) is 5.41 Å². The first kappa shape index (κ1) is 17.2. The van der Waals surface area contributed by atoms with Gasteiger partial charge in [-0.3, -0.25) is 0 Å². The lowest BCUT2D eigenvalue weighted by atomic mass is 9.82. The largest absolute Gasteiger partial charge is 0.316 e. The van der Waals surface area contributed by atoms with Crippen molar-refractivity contribution in [3.63, 3.8) is 0 Å². The zero-order valence-corrected chi connectivity index (χ0v) is 14.8. The highest BCUT2D eigenvalue weighted by Crippen LogP contribution is 2.30. The van der Waals surface area contributed by atoms with E-state index in [2.05, 4.69) is 60.7 Å². The number of rotatable bonds is 6. The van der Waals surface area contributed by atoms with Crippen LogP contribution in [-0.2, 0) is 6.42 Å². The lowest BCUT2D eigenvalue weighted by Gasteiger charge is -2.27. The average molecular weight is 275 g/mol. The molecule has 0 heterocycles. The highest BCUT2D eigenvalue weighted by atomic mass is 14.9. The van der Waals surface area contributed by atoms with Gasteiger partial charge in [0.25, 0.3) is 0 Å². The summed E-state index contributed by atoms with van der Waals surface area (Å²) in [5.74, 6) is 0. The molecule has 1 aromatic carbocycles. The van der Waals surface area contributed by atoms with E-state index in [1.807, 2.05) is 0 Å². The van der Waals surface area contributed by atoms with E-state index in [1.165, 1.54) is 40.7 Å². The van der Waals surface area contributed by atoms with Crippen molar-refractivity contribution in [3.05, 3.63) is 33.4 Å². The summed E-state index contributed by atoms with van der Waals surface area (Å²) in [5.41, 5.74) is 9.38. The quantitative estimate of drug-likeness (QED) is 0.786. The Labute approximate surface area is 126 Å². The fraction of sp³-hybridized carbons (Fsp3) is 0.684. The summed E-state index contributed by atoms with van der Waals surface area (Å²) >= 11 is 0. The van der Waals surface area contributed by atoms with E-state index in [0.717, 1.165) is 13.1 Å². The van der Waals surface area contributed by atoms with Crippen LogP contribution >= 0.6 is 0 Å². The van der Waals surface area contributed by atoms with Gasteiger partial charge in [0.1, 0.15) is 0 Å². The lowest BCUT2D eigenvalue weighted by Crippen LogP contribution is -2.29. The van der Waals surface area contributed by atoms with Crippen LogP contribution in [0.4, 0.5) is 0 Å². The van der Waals surface area contributed by atoms with Crippen LogP contribution < -0.4 is 5.32 Å². The third kappa shape index (κ3) is 3.85. The normalized spacial score (nSPS) is 12.0. The number of hydrogen-bond acceptors (Lipinski definition) is 1. The van der Waals surface area contributed by atoms with Gasteiger partial charge in [-0.25, -0.2) is 0 Å². The summed E-state index contributed by atoms with van der Waals surface area (Å²) in [4.78, 5) is 0. The van der Waals surface area contributed by atoms with Crippen molar-refractivity contribution in [3.8, 4) is 0 Å². The van der Waals surface area contributed by atoms with E-state index in [9.17, 15) is 0 Å². The van der Waals surface area contributed by atoms with Gasteiger partial charge in [0.2, 0.25) is 0 Å². The van der Waals surface area contributed by atoms with Crippen molar-refractivity contribution in [2.75, 3.05) is 13.1 Å². The van der Waals surface area contributed by atoms with Crippen LogP contribution in [0.5, 0.6) is 0 Å². The Bertz CT molecular complexity index is 440. The molecule has 0 unspecified atom stereocenters. The molecule has 20 heavy (non-hydrogen) atoms. The zero-order chi connectivity index (χ0) is 15.5. The second kappa shape index (κ2) is 6.76. The Kier molecular flexibility index (Phi) is 5.82. The SMILES string of the molecule is CCNCC(C)(C)CCc1c(C)c(C)c(C)c(C)c1C. The molecule has 114 valence electrons. The van der Waals surface area contributed by atoms with Crippen LogP contribution in [0.15, 0.2) is 0 Å². The summed E-state index contributed by atoms with van der Waals surface area (Å²) in [6.07, 6.45) is 2.43. The predicted molar refractivity (Wildman–Crippen MR) is 90.8 cm³/mol. The maximum absolute atomic E-state index is 3.49. The van der Waals surface area contributed by atoms with Crippen molar-refractivity contribution < 1.29 is 0 Å². The highest BCUT2D eigenvalue weighted by molar-refractivity contribution is 5.49. The van der Waals surface area contributed by atoms with Crippen molar-refractivity contribution in [2.45, 2.75) is 68.2 Å². The van der Waals surface area contributed by atoms with Gasteiger partial charge < -0.3 is 5.32 Å². The summed E-state index contributed by atoms with van der Waals surface area (Å²) in [6, 6.07) is 0. The molecule has 0 aromatic heterocycles. The Hall–Kier alpha value is -0.820. The maximum Gasteiger partial charge on any atom is 0.000251 e. The minimum atomic E-state index is 0.363. The van der Waals surface area contributed by atoms with E-state index in [1.54, 1.807) is 5.56 Å². The van der Waals surface area contributed by atoms with Crippen LogP contribution in [0, 0.1) is 40.0 Å². The van der Waals surface area contributed by atoms with Crippen LogP contribution in [-0.4, -0.2) is 13.1 Å². The molecule has 0 bridgehead atoms. The monoisotopic (exact) mass is 275 g/mol. The molecule has 0 saturated heterocycles. The van der Waals surface area contributed by atoms with E-state index in [4.69, 9.17) is 0 Å². The molecule has 1 N–H and O–H groups in total. The number of benzene rings is 1. The second-order valence-electron chi connectivity index (χ2n) is 7.05. The zero-order valence-electron chi connectivity index (χ0n) is 14.8. The minimum Gasteiger partial charge on any atom is -0.316 e. The van der Waals surface area contributed by atoms with Crippen molar-refractivity contribution in [2.24, 2.45) is 5.41 Å². The van der Waals surface area contributed by atoms with E-state index in [-0.39, 0.29) is 0 Å². The lowest BCUT2D eigenvalue weighted by molar-refractivity contribution is 0.317. The summed E-state index contributed by atoms with van der Waals surface area (Å²) in [5, 5.41) is 3.49. The van der Waals surface area contributed by atoms with Gasteiger partial charge in [-0.1, -0.05) is 20.8 Å². The molecule has 0 aliphatic carbocycles. The highest BCUT2D eigenvalue weighted by Gasteiger charge is 2.19. The molecular weight excluding hydrogens is 242 g/mol. The fourth-order valence-corrected chi connectivity index (χ4v) is 2.97. The fourth-order valence-electron chi connectivity index (χ4n) is 2.97. The first-order valence-corrected chi connectivity index (χ1v) is 7.97. The molecule has 0 spiro atoms. The van der Waals surface area contributed by atoms with Gasteiger partial charge in [-0.15, -0.1) is 0 Å². The molecule has 0 amide bonds. The van der Waals surface area contributed by atoms with Gasteiger partial charge >= 0.3 is 0 Å². The molecule has 0 saturated carbocycles. The number of hydrogen-bond donors (Lipinski definition) is 1. The van der Waals surface area contributed by atoms with Crippen molar-refractivity contribution >= 4 is 0 Å². The van der Waals surface area contributed by atoms with Gasteiger partial charge in [0.05, 0.1) is 0 Å². The van der Waals surface area contributed by atoms with Gasteiger partial charge in [0, 0.05) is 6.54 Å². The van der Waals surface area contributed by atoms with Gasteiger partial charge in [0.15, 0.2) is 0 Å². The smallest absolute Gasteiger partial charge is 0.000251 e. The maximum atomic E-state index is 3.49. The third-order valence-corrected chi connectivity index (χ3v) is 5.06. The molecule has 1 aromatic rings. The van der Waals surface area contributed by atoms with Crippen LogP contribution in [0.3, 0.4) is 0 Å². The second-order valence-corrected chi connectivity index (χ2v) is 7.05. The van der Waals surface area contributed by atoms with E-state index < -0.39 is 0 Å². The van der Waals surface area contributed by atoms with Crippen LogP contribution in [0.25, 0.3) is 0 Å². The molecule has 1 rings (SSSR count). The van der Waals surface area contributed by atoms with Gasteiger partial charge in [-0.05, 0) is 92.8 Å². The molecule has 0 aliphatic heterocycles. The van der Waals surface area contributed by atoms with Crippen molar-refractivity contribution in [1.82, 2.24) is 5.32 Å². The average Bonchev–Trinajstić information content (AvgIpc) is 2.40. The summed E-state index contributed by atoms with van der Waals surface area (Å²) < 4.78 is 0. The summed E-state index contributed by atoms with van der Waals surface area (Å²) in [7, 11) is 0. The number of nitrogens with one attached hydrogen (secondary N) is 1.